The summed E-state index contributed by atoms with van der Waals surface area (Å²) in [7, 11) is 2.00. The van der Waals surface area contributed by atoms with E-state index in [4.69, 9.17) is 16.6 Å². The number of imidazole rings is 1. The van der Waals surface area contributed by atoms with Crippen LogP contribution in [0.25, 0.3) is 22.0 Å². The molecule has 0 aliphatic carbocycles. The smallest absolute Gasteiger partial charge is 0.274 e. The summed E-state index contributed by atoms with van der Waals surface area (Å²) in [6.45, 7) is 2.06. The van der Waals surface area contributed by atoms with Gasteiger partial charge in [0.2, 0.25) is 0 Å². The van der Waals surface area contributed by atoms with Crippen LogP contribution in [-0.2, 0) is 7.05 Å². The molecule has 196 valence electrons. The van der Waals surface area contributed by atoms with Crippen molar-refractivity contribution in [3.8, 4) is 11.1 Å². The molecule has 6 rings (SSSR count). The number of carbonyl (C=O) groups is 1. The van der Waals surface area contributed by atoms with Crippen molar-refractivity contribution in [2.24, 2.45) is 7.05 Å². The molecule has 0 spiro atoms. The fraction of sp³-hybridized carbons (Fsp3) is 0.0909. The molecule has 3 aromatic carbocycles. The van der Waals surface area contributed by atoms with E-state index < -0.39 is 0 Å². The van der Waals surface area contributed by atoms with Crippen LogP contribution in [0, 0.1) is 6.92 Å². The SMILES string of the molecule is Cc1cccc(-c2cc(C(=O)Nc3cccnc3)nc3ccc(C(c4ccc(Cl)cc4)c4cncn4C)cc23)c1. The number of nitrogens with one attached hydrogen (secondary N) is 1. The lowest BCUT2D eigenvalue weighted by atomic mass is 9.87. The molecule has 0 saturated carbocycles. The Morgan fingerprint density at radius 1 is 0.900 bits per heavy atom. The molecule has 0 aliphatic rings. The van der Waals surface area contributed by atoms with E-state index in [9.17, 15) is 4.79 Å². The van der Waals surface area contributed by atoms with Crippen molar-refractivity contribution >= 4 is 34.1 Å². The molecule has 6 aromatic rings. The minimum Gasteiger partial charge on any atom is -0.337 e. The van der Waals surface area contributed by atoms with Crippen molar-refractivity contribution in [1.82, 2.24) is 19.5 Å². The van der Waals surface area contributed by atoms with Crippen LogP contribution in [0.15, 0.2) is 110 Å². The fourth-order valence-corrected chi connectivity index (χ4v) is 5.18. The molecule has 1 unspecified atom stereocenters. The van der Waals surface area contributed by atoms with Crippen LogP contribution in [-0.4, -0.2) is 25.4 Å². The summed E-state index contributed by atoms with van der Waals surface area (Å²) in [5, 5.41) is 4.56. The Kier molecular flexibility index (Phi) is 6.84. The Balaban J connectivity index is 1.53. The number of anilines is 1. The molecule has 0 fully saturated rings. The number of carbonyl (C=O) groups excluding carboxylic acids is 1. The van der Waals surface area contributed by atoms with Crippen molar-refractivity contribution in [2.75, 3.05) is 5.32 Å². The minimum atomic E-state index is -0.290. The normalized spacial score (nSPS) is 11.9. The summed E-state index contributed by atoms with van der Waals surface area (Å²) >= 11 is 6.23. The highest BCUT2D eigenvalue weighted by molar-refractivity contribution is 6.30. The zero-order valence-electron chi connectivity index (χ0n) is 22.0. The Hall–Kier alpha value is -4.81. The van der Waals surface area contributed by atoms with Crippen LogP contribution in [0.1, 0.15) is 38.8 Å². The van der Waals surface area contributed by atoms with E-state index in [0.717, 1.165) is 44.4 Å². The van der Waals surface area contributed by atoms with Gasteiger partial charge in [-0.3, -0.25) is 9.78 Å². The number of amides is 1. The number of nitrogens with zero attached hydrogens (tertiary/aromatic N) is 4. The van der Waals surface area contributed by atoms with Gasteiger partial charge in [0.15, 0.2) is 0 Å². The van der Waals surface area contributed by atoms with Crippen molar-refractivity contribution in [2.45, 2.75) is 12.8 Å². The van der Waals surface area contributed by atoms with Gasteiger partial charge in [0.1, 0.15) is 5.69 Å². The molecule has 0 bridgehead atoms. The van der Waals surface area contributed by atoms with Gasteiger partial charge in [0, 0.05) is 35.5 Å². The lowest BCUT2D eigenvalue weighted by Crippen LogP contribution is -2.14. The van der Waals surface area contributed by atoms with E-state index in [0.29, 0.717) is 16.4 Å². The van der Waals surface area contributed by atoms with E-state index in [1.54, 1.807) is 24.5 Å². The van der Waals surface area contributed by atoms with Gasteiger partial charge in [0.25, 0.3) is 5.91 Å². The van der Waals surface area contributed by atoms with E-state index in [2.05, 4.69) is 64.7 Å². The number of aryl methyl sites for hydroxylation is 2. The van der Waals surface area contributed by atoms with Gasteiger partial charge in [-0.25, -0.2) is 9.97 Å². The molecule has 40 heavy (non-hydrogen) atoms. The molecule has 1 N–H and O–H groups in total. The van der Waals surface area contributed by atoms with Gasteiger partial charge in [-0.05, 0) is 71.6 Å². The largest absolute Gasteiger partial charge is 0.337 e. The monoisotopic (exact) mass is 543 g/mol. The highest BCUT2D eigenvalue weighted by atomic mass is 35.5. The quantitative estimate of drug-likeness (QED) is 0.237. The van der Waals surface area contributed by atoms with E-state index >= 15 is 0 Å². The summed E-state index contributed by atoms with van der Waals surface area (Å²) in [6, 6.07) is 27.9. The molecule has 3 heterocycles. The number of pyridine rings is 2. The maximum atomic E-state index is 13.3. The second-order valence-electron chi connectivity index (χ2n) is 9.81. The standard InChI is InChI=1S/C33H26ClN5O/c1-21-5-3-6-23(15-21)27-17-30(33(40)37-26-7-4-14-35-18-26)38-29-13-10-24(16-28(27)29)32(31-19-36-20-39(31)2)22-8-11-25(34)12-9-22/h3-20,32H,1-2H3,(H,37,40). The first kappa shape index (κ1) is 25.5. The van der Waals surface area contributed by atoms with Crippen molar-refractivity contribution in [3.05, 3.63) is 143 Å². The number of rotatable bonds is 6. The third kappa shape index (κ3) is 5.09. The summed E-state index contributed by atoms with van der Waals surface area (Å²) in [5.41, 5.74) is 8.01. The molecule has 6 nitrogen and oxygen atoms in total. The van der Waals surface area contributed by atoms with Gasteiger partial charge in [0.05, 0.1) is 29.6 Å². The van der Waals surface area contributed by atoms with Gasteiger partial charge in [-0.1, -0.05) is 59.6 Å². The van der Waals surface area contributed by atoms with Crippen molar-refractivity contribution < 1.29 is 4.79 Å². The minimum absolute atomic E-state index is 0.0759. The predicted molar refractivity (Wildman–Crippen MR) is 160 cm³/mol. The molecular weight excluding hydrogens is 518 g/mol. The van der Waals surface area contributed by atoms with Gasteiger partial charge in [-0.2, -0.15) is 0 Å². The second kappa shape index (κ2) is 10.8. The van der Waals surface area contributed by atoms with Crippen LogP contribution < -0.4 is 5.32 Å². The third-order valence-corrected chi connectivity index (χ3v) is 7.25. The van der Waals surface area contributed by atoms with Crippen LogP contribution in [0.3, 0.4) is 0 Å². The molecular formula is C33H26ClN5O. The predicted octanol–water partition coefficient (Wildman–Crippen LogP) is 7.42. The van der Waals surface area contributed by atoms with Gasteiger partial charge < -0.3 is 9.88 Å². The first-order valence-corrected chi connectivity index (χ1v) is 13.3. The molecule has 0 radical (unpaired) electrons. The summed E-state index contributed by atoms with van der Waals surface area (Å²) in [6.07, 6.45) is 6.99. The average molecular weight is 544 g/mol. The lowest BCUT2D eigenvalue weighted by molar-refractivity contribution is 0.102. The Morgan fingerprint density at radius 3 is 2.45 bits per heavy atom. The first-order chi connectivity index (χ1) is 19.5. The topological polar surface area (TPSA) is 72.7 Å². The summed E-state index contributed by atoms with van der Waals surface area (Å²) in [5.74, 6) is -0.366. The van der Waals surface area contributed by atoms with Crippen LogP contribution >= 0.6 is 11.6 Å². The number of hydrogen-bond acceptors (Lipinski definition) is 4. The number of benzene rings is 3. The number of halogens is 1. The Labute approximate surface area is 237 Å². The fourth-order valence-electron chi connectivity index (χ4n) is 5.06. The lowest BCUT2D eigenvalue weighted by Gasteiger charge is -2.20. The zero-order chi connectivity index (χ0) is 27.6. The molecule has 7 heteroatoms. The van der Waals surface area contributed by atoms with Crippen molar-refractivity contribution in [1.29, 1.82) is 0 Å². The van der Waals surface area contributed by atoms with Crippen LogP contribution in [0.5, 0.6) is 0 Å². The van der Waals surface area contributed by atoms with Crippen LogP contribution in [0.4, 0.5) is 5.69 Å². The van der Waals surface area contributed by atoms with E-state index in [1.807, 2.05) is 54.5 Å². The molecule has 3 aromatic heterocycles. The molecule has 0 aliphatic heterocycles. The highest BCUT2D eigenvalue weighted by Gasteiger charge is 2.22. The Morgan fingerprint density at radius 2 is 1.73 bits per heavy atom. The molecule has 1 amide bonds. The number of fused-ring (bicyclic) bond motifs is 1. The van der Waals surface area contributed by atoms with Crippen molar-refractivity contribution in [3.63, 3.8) is 0 Å². The van der Waals surface area contributed by atoms with Crippen LogP contribution in [0.2, 0.25) is 5.02 Å². The van der Waals surface area contributed by atoms with E-state index in [-0.39, 0.29) is 11.8 Å². The number of hydrogen-bond donors (Lipinski definition) is 1. The summed E-state index contributed by atoms with van der Waals surface area (Å²) in [4.78, 5) is 26.5. The van der Waals surface area contributed by atoms with Gasteiger partial charge >= 0.3 is 0 Å². The maximum Gasteiger partial charge on any atom is 0.274 e. The molecule has 0 saturated heterocycles. The number of aromatic nitrogens is 4. The van der Waals surface area contributed by atoms with E-state index in [1.165, 1.54) is 0 Å². The molecule has 1 atom stereocenters. The maximum absolute atomic E-state index is 13.3. The average Bonchev–Trinajstić information content (AvgIpc) is 3.39. The Bertz CT molecular complexity index is 1830. The zero-order valence-corrected chi connectivity index (χ0v) is 22.8. The first-order valence-electron chi connectivity index (χ1n) is 12.9. The summed E-state index contributed by atoms with van der Waals surface area (Å²) < 4.78 is 2.04. The highest BCUT2D eigenvalue weighted by Crippen LogP contribution is 2.36. The van der Waals surface area contributed by atoms with Gasteiger partial charge in [-0.15, -0.1) is 0 Å². The second-order valence-corrected chi connectivity index (χ2v) is 10.2. The third-order valence-electron chi connectivity index (χ3n) is 7.00.